The number of nitrogens with zero attached hydrogens (tertiary/aromatic N) is 3. The number of amides is 3. The van der Waals surface area contributed by atoms with Gasteiger partial charge in [0.1, 0.15) is 6.04 Å². The molecule has 1 saturated heterocycles. The number of piperazine rings is 1. The Kier molecular flexibility index (Phi) is 6.54. The highest BCUT2D eigenvalue weighted by Gasteiger charge is 2.36. The fourth-order valence-electron chi connectivity index (χ4n) is 2.83. The lowest BCUT2D eigenvalue weighted by Gasteiger charge is -2.41. The average Bonchev–Trinajstić information content (AvgIpc) is 2.61. The number of carbonyl (C=O) groups excluding carboxylic acids is 3. The maximum absolute atomic E-state index is 13.5. The van der Waals surface area contributed by atoms with Crippen molar-refractivity contribution < 1.29 is 23.5 Å². The number of likely N-dealkylation sites (N-methyl/N-ethyl adjacent to an activating group) is 1. The van der Waals surface area contributed by atoms with Crippen LogP contribution in [-0.4, -0.2) is 78.8 Å². The van der Waals surface area contributed by atoms with Crippen LogP contribution in [0.3, 0.4) is 0 Å². The molecule has 1 aliphatic heterocycles. The van der Waals surface area contributed by atoms with Crippen LogP contribution in [0.15, 0.2) is 24.3 Å². The van der Waals surface area contributed by atoms with Crippen LogP contribution in [0.4, 0.5) is 4.39 Å². The molecule has 1 aromatic rings. The molecule has 26 heavy (non-hydrogen) atoms. The van der Waals surface area contributed by atoms with E-state index in [1.807, 2.05) is 0 Å². The van der Waals surface area contributed by atoms with Crippen LogP contribution < -0.4 is 4.74 Å². The van der Waals surface area contributed by atoms with Crippen molar-refractivity contribution in [3.8, 4) is 5.75 Å². The molecule has 1 heterocycles. The average molecular weight is 365 g/mol. The molecule has 0 bridgehead atoms. The number of hydrogen-bond acceptors (Lipinski definition) is 4. The van der Waals surface area contributed by atoms with E-state index in [2.05, 4.69) is 0 Å². The van der Waals surface area contributed by atoms with Gasteiger partial charge >= 0.3 is 0 Å². The topological polar surface area (TPSA) is 70.2 Å². The van der Waals surface area contributed by atoms with Gasteiger partial charge in [-0.25, -0.2) is 4.39 Å². The third kappa shape index (κ3) is 4.71. The van der Waals surface area contributed by atoms with Gasteiger partial charge in [0.05, 0.1) is 19.6 Å². The molecule has 7 nitrogen and oxygen atoms in total. The van der Waals surface area contributed by atoms with E-state index in [4.69, 9.17) is 4.74 Å². The smallest absolute Gasteiger partial charge is 0.246 e. The van der Waals surface area contributed by atoms with Crippen molar-refractivity contribution in [1.29, 1.82) is 0 Å². The molecule has 0 radical (unpaired) electrons. The van der Waals surface area contributed by atoms with Crippen molar-refractivity contribution >= 4 is 17.7 Å². The van der Waals surface area contributed by atoms with E-state index in [1.165, 1.54) is 28.9 Å². The standard InChI is InChI=1S/C18H24FN3O4/c1-13(23)21-9-10-22(15(12-21)18(25)20(2)3)17(24)8-11-26-16-7-5-4-6-14(16)19/h4-7,15H,8-12H2,1-3H3. The van der Waals surface area contributed by atoms with E-state index in [9.17, 15) is 18.8 Å². The van der Waals surface area contributed by atoms with E-state index in [0.29, 0.717) is 6.54 Å². The molecular formula is C18H24FN3O4. The van der Waals surface area contributed by atoms with Crippen LogP contribution >= 0.6 is 0 Å². The Bertz CT molecular complexity index is 680. The molecule has 1 fully saturated rings. The van der Waals surface area contributed by atoms with E-state index < -0.39 is 11.9 Å². The second-order valence-electron chi connectivity index (χ2n) is 6.33. The summed E-state index contributed by atoms with van der Waals surface area (Å²) in [7, 11) is 3.22. The molecule has 1 aliphatic rings. The summed E-state index contributed by atoms with van der Waals surface area (Å²) in [6.45, 7) is 2.29. The van der Waals surface area contributed by atoms with Crippen LogP contribution in [0.1, 0.15) is 13.3 Å². The zero-order chi connectivity index (χ0) is 19.3. The summed E-state index contributed by atoms with van der Waals surface area (Å²) in [4.78, 5) is 41.1. The lowest BCUT2D eigenvalue weighted by molar-refractivity contribution is -0.151. The van der Waals surface area contributed by atoms with Gasteiger partial charge < -0.3 is 19.4 Å². The van der Waals surface area contributed by atoms with Crippen LogP contribution in [0.25, 0.3) is 0 Å². The van der Waals surface area contributed by atoms with Gasteiger partial charge in [0.2, 0.25) is 17.7 Å². The SMILES string of the molecule is CC(=O)N1CCN(C(=O)CCOc2ccccc2F)C(C(=O)N(C)C)C1. The molecule has 142 valence electrons. The Morgan fingerprint density at radius 3 is 2.54 bits per heavy atom. The van der Waals surface area contributed by atoms with Crippen LogP contribution in [0.5, 0.6) is 5.75 Å². The summed E-state index contributed by atoms with van der Waals surface area (Å²) in [6, 6.07) is 5.25. The minimum Gasteiger partial charge on any atom is -0.490 e. The normalized spacial score (nSPS) is 17.0. The number of benzene rings is 1. The van der Waals surface area contributed by atoms with Gasteiger partial charge in [0.25, 0.3) is 0 Å². The molecule has 8 heteroatoms. The maximum atomic E-state index is 13.5. The van der Waals surface area contributed by atoms with Gasteiger partial charge in [-0.05, 0) is 12.1 Å². The van der Waals surface area contributed by atoms with Crippen molar-refractivity contribution in [2.45, 2.75) is 19.4 Å². The first-order chi connectivity index (χ1) is 12.3. The van der Waals surface area contributed by atoms with Crippen molar-refractivity contribution in [3.63, 3.8) is 0 Å². The molecule has 1 unspecified atom stereocenters. The fraction of sp³-hybridized carbons (Fsp3) is 0.500. The lowest BCUT2D eigenvalue weighted by Crippen LogP contribution is -2.61. The van der Waals surface area contributed by atoms with Crippen LogP contribution in [-0.2, 0) is 14.4 Å². The Balaban J connectivity index is 1.99. The van der Waals surface area contributed by atoms with E-state index in [0.717, 1.165) is 0 Å². The first-order valence-electron chi connectivity index (χ1n) is 8.44. The monoisotopic (exact) mass is 365 g/mol. The molecule has 0 aromatic heterocycles. The summed E-state index contributed by atoms with van der Waals surface area (Å²) in [5.41, 5.74) is 0. The zero-order valence-electron chi connectivity index (χ0n) is 15.3. The van der Waals surface area contributed by atoms with Crippen molar-refractivity contribution in [2.75, 3.05) is 40.3 Å². The van der Waals surface area contributed by atoms with Gasteiger partial charge in [-0.15, -0.1) is 0 Å². The number of ether oxygens (including phenoxy) is 1. The zero-order valence-corrected chi connectivity index (χ0v) is 15.3. The Morgan fingerprint density at radius 2 is 1.92 bits per heavy atom. The predicted octanol–water partition coefficient (Wildman–Crippen LogP) is 0.742. The summed E-state index contributed by atoms with van der Waals surface area (Å²) in [5, 5.41) is 0. The summed E-state index contributed by atoms with van der Waals surface area (Å²) in [6.07, 6.45) is 0.0195. The minimum atomic E-state index is -0.719. The molecule has 0 saturated carbocycles. The van der Waals surface area contributed by atoms with Gasteiger partial charge in [0.15, 0.2) is 11.6 Å². The lowest BCUT2D eigenvalue weighted by atomic mass is 10.1. The summed E-state index contributed by atoms with van der Waals surface area (Å²) < 4.78 is 18.9. The third-order valence-electron chi connectivity index (χ3n) is 4.28. The number of hydrogen-bond donors (Lipinski definition) is 0. The first-order valence-corrected chi connectivity index (χ1v) is 8.44. The quantitative estimate of drug-likeness (QED) is 0.772. The molecular weight excluding hydrogens is 341 g/mol. The van der Waals surface area contributed by atoms with Gasteiger partial charge in [-0.3, -0.25) is 14.4 Å². The molecule has 3 amide bonds. The second kappa shape index (κ2) is 8.64. The van der Waals surface area contributed by atoms with Crippen molar-refractivity contribution in [1.82, 2.24) is 14.7 Å². The van der Waals surface area contributed by atoms with E-state index in [-0.39, 0.29) is 49.6 Å². The van der Waals surface area contributed by atoms with Gasteiger partial charge in [-0.1, -0.05) is 12.1 Å². The molecule has 1 aromatic carbocycles. The van der Waals surface area contributed by atoms with Crippen LogP contribution in [0.2, 0.25) is 0 Å². The second-order valence-corrected chi connectivity index (χ2v) is 6.33. The Hall–Kier alpha value is -2.64. The molecule has 0 spiro atoms. The Labute approximate surface area is 152 Å². The Morgan fingerprint density at radius 1 is 1.23 bits per heavy atom. The minimum absolute atomic E-state index is 0.00949. The van der Waals surface area contributed by atoms with Crippen molar-refractivity contribution in [3.05, 3.63) is 30.1 Å². The fourth-order valence-corrected chi connectivity index (χ4v) is 2.83. The summed E-state index contributed by atoms with van der Waals surface area (Å²) >= 11 is 0. The molecule has 1 atom stereocenters. The largest absolute Gasteiger partial charge is 0.490 e. The number of carbonyl (C=O) groups is 3. The highest BCUT2D eigenvalue weighted by atomic mass is 19.1. The highest BCUT2D eigenvalue weighted by Crippen LogP contribution is 2.17. The maximum Gasteiger partial charge on any atom is 0.246 e. The van der Waals surface area contributed by atoms with E-state index >= 15 is 0 Å². The predicted molar refractivity (Wildman–Crippen MR) is 93.0 cm³/mol. The van der Waals surface area contributed by atoms with Crippen molar-refractivity contribution in [2.24, 2.45) is 0 Å². The van der Waals surface area contributed by atoms with E-state index in [1.54, 1.807) is 31.1 Å². The van der Waals surface area contributed by atoms with Gasteiger partial charge in [-0.2, -0.15) is 0 Å². The number of rotatable bonds is 5. The van der Waals surface area contributed by atoms with Crippen LogP contribution in [0, 0.1) is 5.82 Å². The molecule has 2 rings (SSSR count). The first kappa shape index (κ1) is 19.7. The molecule has 0 N–H and O–H groups in total. The highest BCUT2D eigenvalue weighted by molar-refractivity contribution is 5.88. The van der Waals surface area contributed by atoms with Gasteiger partial charge in [0, 0.05) is 34.1 Å². The molecule has 0 aliphatic carbocycles. The number of halogens is 1. The third-order valence-corrected chi connectivity index (χ3v) is 4.28. The number of para-hydroxylation sites is 1. The summed E-state index contributed by atoms with van der Waals surface area (Å²) in [5.74, 6) is -1.03.